The van der Waals surface area contributed by atoms with Crippen LogP contribution < -0.4 is 0 Å². The van der Waals surface area contributed by atoms with E-state index in [1.807, 2.05) is 41.1 Å². The Balaban J connectivity index is 2.59. The summed E-state index contributed by atoms with van der Waals surface area (Å²) in [6, 6.07) is 11.9. The highest BCUT2D eigenvalue weighted by molar-refractivity contribution is 5.74. The number of nitrogens with zero attached hydrogens (tertiary/aromatic N) is 1. The van der Waals surface area contributed by atoms with Crippen molar-refractivity contribution in [3.8, 4) is 5.69 Å². The van der Waals surface area contributed by atoms with Gasteiger partial charge in [-0.25, -0.2) is 0 Å². The predicted octanol–water partition coefficient (Wildman–Crippen LogP) is 3.41. The molecule has 0 amide bonds. The zero-order chi connectivity index (χ0) is 11.5. The SMILES string of the molecule is CC(C)c1ccccc1-n1cccc1C=O. The molecule has 2 heteroatoms. The second-order valence-corrected chi connectivity index (χ2v) is 4.13. The molecule has 82 valence electrons. The summed E-state index contributed by atoms with van der Waals surface area (Å²) in [6.07, 6.45) is 2.81. The Morgan fingerprint density at radius 2 is 1.88 bits per heavy atom. The smallest absolute Gasteiger partial charge is 0.166 e. The fourth-order valence-electron chi connectivity index (χ4n) is 1.90. The molecule has 0 saturated carbocycles. The van der Waals surface area contributed by atoms with Crippen LogP contribution >= 0.6 is 0 Å². The van der Waals surface area contributed by atoms with Crippen molar-refractivity contribution >= 4 is 6.29 Å². The summed E-state index contributed by atoms with van der Waals surface area (Å²) in [4.78, 5) is 10.9. The minimum Gasteiger partial charge on any atom is -0.314 e. The largest absolute Gasteiger partial charge is 0.314 e. The molecule has 16 heavy (non-hydrogen) atoms. The molecule has 2 nitrogen and oxygen atoms in total. The lowest BCUT2D eigenvalue weighted by Crippen LogP contribution is -2.02. The monoisotopic (exact) mass is 213 g/mol. The van der Waals surface area contributed by atoms with Crippen LogP contribution in [0.15, 0.2) is 42.6 Å². The predicted molar refractivity (Wildman–Crippen MR) is 65.2 cm³/mol. The van der Waals surface area contributed by atoms with Gasteiger partial charge in [-0.15, -0.1) is 0 Å². The zero-order valence-corrected chi connectivity index (χ0v) is 9.55. The normalized spacial score (nSPS) is 10.7. The number of hydrogen-bond donors (Lipinski definition) is 0. The Morgan fingerprint density at radius 3 is 2.56 bits per heavy atom. The summed E-state index contributed by atoms with van der Waals surface area (Å²) in [6.45, 7) is 4.31. The van der Waals surface area contributed by atoms with Gasteiger partial charge in [-0.3, -0.25) is 4.79 Å². The molecule has 0 N–H and O–H groups in total. The first-order chi connectivity index (χ1) is 7.74. The van der Waals surface area contributed by atoms with Crippen LogP contribution in [0.5, 0.6) is 0 Å². The van der Waals surface area contributed by atoms with Crippen molar-refractivity contribution in [1.82, 2.24) is 4.57 Å². The summed E-state index contributed by atoms with van der Waals surface area (Å²) in [7, 11) is 0. The van der Waals surface area contributed by atoms with Crippen molar-refractivity contribution in [3.63, 3.8) is 0 Å². The fourth-order valence-corrected chi connectivity index (χ4v) is 1.90. The molecule has 2 rings (SSSR count). The fraction of sp³-hybridized carbons (Fsp3) is 0.214. The van der Waals surface area contributed by atoms with Crippen LogP contribution in [0.2, 0.25) is 0 Å². The molecule has 0 saturated heterocycles. The summed E-state index contributed by atoms with van der Waals surface area (Å²) in [5, 5.41) is 0. The summed E-state index contributed by atoms with van der Waals surface area (Å²) < 4.78 is 1.93. The van der Waals surface area contributed by atoms with Crippen molar-refractivity contribution in [2.75, 3.05) is 0 Å². The number of carbonyl (C=O) groups excluding carboxylic acids is 1. The quantitative estimate of drug-likeness (QED) is 0.716. The highest BCUT2D eigenvalue weighted by atomic mass is 16.1. The Bertz CT molecular complexity index is 497. The number of para-hydroxylation sites is 1. The van der Waals surface area contributed by atoms with Crippen molar-refractivity contribution in [3.05, 3.63) is 53.9 Å². The lowest BCUT2D eigenvalue weighted by Gasteiger charge is -2.14. The first kappa shape index (κ1) is 10.7. The van der Waals surface area contributed by atoms with Gasteiger partial charge in [-0.05, 0) is 29.7 Å². The summed E-state index contributed by atoms with van der Waals surface area (Å²) in [5.74, 6) is 0.443. The van der Waals surface area contributed by atoms with E-state index in [2.05, 4.69) is 19.9 Å². The standard InChI is InChI=1S/C14H15NO/c1-11(2)13-7-3-4-8-14(13)15-9-5-6-12(15)10-16/h3-11H,1-2H3. The highest BCUT2D eigenvalue weighted by Gasteiger charge is 2.09. The van der Waals surface area contributed by atoms with Crippen LogP contribution in [0, 0.1) is 0 Å². The summed E-state index contributed by atoms with van der Waals surface area (Å²) in [5.41, 5.74) is 3.03. The molecule has 0 fully saturated rings. The van der Waals surface area contributed by atoms with E-state index in [0.717, 1.165) is 12.0 Å². The second-order valence-electron chi connectivity index (χ2n) is 4.13. The first-order valence-electron chi connectivity index (χ1n) is 5.46. The van der Waals surface area contributed by atoms with E-state index in [1.54, 1.807) is 0 Å². The average molecular weight is 213 g/mol. The molecule has 0 radical (unpaired) electrons. The van der Waals surface area contributed by atoms with Gasteiger partial charge in [0.1, 0.15) is 0 Å². The lowest BCUT2D eigenvalue weighted by atomic mass is 10.0. The molecular formula is C14H15NO. The lowest BCUT2D eigenvalue weighted by molar-refractivity contribution is 0.111. The topological polar surface area (TPSA) is 22.0 Å². The number of benzene rings is 1. The van der Waals surface area contributed by atoms with Crippen LogP contribution in [0.25, 0.3) is 5.69 Å². The van der Waals surface area contributed by atoms with Gasteiger partial charge in [0, 0.05) is 11.9 Å². The van der Waals surface area contributed by atoms with E-state index in [9.17, 15) is 4.79 Å². The van der Waals surface area contributed by atoms with E-state index in [1.165, 1.54) is 5.56 Å². The number of aldehydes is 1. The van der Waals surface area contributed by atoms with Crippen LogP contribution in [0.1, 0.15) is 35.8 Å². The number of aromatic nitrogens is 1. The molecule has 0 aliphatic rings. The minimum atomic E-state index is 0.443. The van der Waals surface area contributed by atoms with Gasteiger partial charge in [0.15, 0.2) is 6.29 Å². The third-order valence-electron chi connectivity index (χ3n) is 2.72. The van der Waals surface area contributed by atoms with E-state index in [0.29, 0.717) is 11.6 Å². The van der Waals surface area contributed by atoms with E-state index >= 15 is 0 Å². The molecule has 0 aliphatic heterocycles. The van der Waals surface area contributed by atoms with E-state index in [4.69, 9.17) is 0 Å². The minimum absolute atomic E-state index is 0.443. The second kappa shape index (κ2) is 4.35. The summed E-state index contributed by atoms with van der Waals surface area (Å²) >= 11 is 0. The molecule has 0 bridgehead atoms. The Labute approximate surface area is 95.5 Å². The molecule has 0 unspecified atom stereocenters. The molecule has 0 aliphatic carbocycles. The molecular weight excluding hydrogens is 198 g/mol. The van der Waals surface area contributed by atoms with Crippen LogP contribution in [0.3, 0.4) is 0 Å². The van der Waals surface area contributed by atoms with Crippen molar-refractivity contribution in [2.24, 2.45) is 0 Å². The third kappa shape index (κ3) is 1.78. The van der Waals surface area contributed by atoms with Crippen LogP contribution in [0.4, 0.5) is 0 Å². The molecule has 0 atom stereocenters. The van der Waals surface area contributed by atoms with Gasteiger partial charge in [-0.2, -0.15) is 0 Å². The number of hydrogen-bond acceptors (Lipinski definition) is 1. The molecule has 0 spiro atoms. The van der Waals surface area contributed by atoms with Gasteiger partial charge >= 0.3 is 0 Å². The van der Waals surface area contributed by atoms with E-state index in [-0.39, 0.29) is 0 Å². The van der Waals surface area contributed by atoms with E-state index < -0.39 is 0 Å². The van der Waals surface area contributed by atoms with Gasteiger partial charge in [-0.1, -0.05) is 32.0 Å². The average Bonchev–Trinajstić information content (AvgIpc) is 2.76. The Hall–Kier alpha value is -1.83. The van der Waals surface area contributed by atoms with Gasteiger partial charge < -0.3 is 4.57 Å². The maximum absolute atomic E-state index is 10.9. The maximum Gasteiger partial charge on any atom is 0.166 e. The number of rotatable bonds is 3. The first-order valence-corrected chi connectivity index (χ1v) is 5.46. The molecule has 1 aromatic heterocycles. The van der Waals surface area contributed by atoms with Crippen molar-refractivity contribution < 1.29 is 4.79 Å². The molecule has 2 aromatic rings. The van der Waals surface area contributed by atoms with Crippen LogP contribution in [-0.2, 0) is 0 Å². The third-order valence-corrected chi connectivity index (χ3v) is 2.72. The van der Waals surface area contributed by atoms with Crippen LogP contribution in [-0.4, -0.2) is 10.9 Å². The molecule has 1 aromatic carbocycles. The molecule has 1 heterocycles. The maximum atomic E-state index is 10.9. The van der Waals surface area contributed by atoms with Gasteiger partial charge in [0.2, 0.25) is 0 Å². The number of carbonyl (C=O) groups is 1. The van der Waals surface area contributed by atoms with Gasteiger partial charge in [0.05, 0.1) is 5.69 Å². The van der Waals surface area contributed by atoms with Crippen molar-refractivity contribution in [1.29, 1.82) is 0 Å². The van der Waals surface area contributed by atoms with Crippen molar-refractivity contribution in [2.45, 2.75) is 19.8 Å². The Kier molecular flexibility index (Phi) is 2.91. The van der Waals surface area contributed by atoms with Gasteiger partial charge in [0.25, 0.3) is 0 Å². The highest BCUT2D eigenvalue weighted by Crippen LogP contribution is 2.23. The zero-order valence-electron chi connectivity index (χ0n) is 9.55. The Morgan fingerprint density at radius 1 is 1.12 bits per heavy atom.